The van der Waals surface area contributed by atoms with Gasteiger partial charge >= 0.3 is 6.09 Å². The topological polar surface area (TPSA) is 114 Å². The molecule has 1 amide bonds. The Morgan fingerprint density at radius 2 is 1.88 bits per heavy atom. The summed E-state index contributed by atoms with van der Waals surface area (Å²) < 4.78 is 10.2. The maximum absolute atomic E-state index is 11.9. The number of aromatic nitrogens is 2. The van der Waals surface area contributed by atoms with E-state index in [-0.39, 0.29) is 24.0 Å². The van der Waals surface area contributed by atoms with Crippen molar-refractivity contribution in [3.63, 3.8) is 0 Å². The number of nitrogens with zero attached hydrogens (tertiary/aromatic N) is 3. The van der Waals surface area contributed by atoms with Crippen LogP contribution in [0.4, 0.5) is 4.79 Å². The highest BCUT2D eigenvalue weighted by molar-refractivity contribution is 14.0. The lowest BCUT2D eigenvalue weighted by molar-refractivity contribution is 0.0474. The number of amides is 1. The molecule has 0 aliphatic rings. The van der Waals surface area contributed by atoms with Gasteiger partial charge in [-0.2, -0.15) is 4.98 Å². The van der Waals surface area contributed by atoms with Gasteiger partial charge in [-0.15, -0.1) is 24.0 Å². The van der Waals surface area contributed by atoms with Crippen LogP contribution in [0.15, 0.2) is 9.52 Å². The Kier molecular flexibility index (Phi) is 9.16. The number of rotatable bonds is 5. The van der Waals surface area contributed by atoms with Gasteiger partial charge in [0.05, 0.1) is 12.1 Å². The summed E-state index contributed by atoms with van der Waals surface area (Å²) in [5.74, 6) is 1.62. The number of ether oxygens (including phenoxy) is 1. The lowest BCUT2D eigenvalue weighted by Gasteiger charge is -2.29. The second-order valence-corrected chi connectivity index (χ2v) is 7.02. The van der Waals surface area contributed by atoms with Crippen LogP contribution < -0.4 is 16.0 Å². The number of hydrogen-bond acceptors (Lipinski definition) is 6. The molecule has 0 radical (unpaired) electrons. The van der Waals surface area contributed by atoms with Crippen LogP contribution in [0.3, 0.4) is 0 Å². The van der Waals surface area contributed by atoms with Gasteiger partial charge in [-0.1, -0.05) is 5.16 Å². The van der Waals surface area contributed by atoms with E-state index in [4.69, 9.17) is 9.26 Å². The van der Waals surface area contributed by atoms with Crippen molar-refractivity contribution in [2.24, 2.45) is 4.99 Å². The van der Waals surface area contributed by atoms with Gasteiger partial charge in [0.25, 0.3) is 0 Å². The normalized spacial score (nSPS) is 12.2. The van der Waals surface area contributed by atoms with Gasteiger partial charge in [-0.05, 0) is 34.6 Å². The van der Waals surface area contributed by atoms with Crippen molar-refractivity contribution in [3.8, 4) is 0 Å². The largest absolute Gasteiger partial charge is 0.444 e. The Bertz CT molecular complexity index is 580. The molecule has 0 spiro atoms. The summed E-state index contributed by atoms with van der Waals surface area (Å²) in [6, 6.07) is 0. The van der Waals surface area contributed by atoms with Crippen molar-refractivity contribution in [3.05, 3.63) is 11.7 Å². The minimum atomic E-state index is -0.534. The molecule has 10 heteroatoms. The quantitative estimate of drug-likeness (QED) is 0.344. The van der Waals surface area contributed by atoms with Gasteiger partial charge in [0, 0.05) is 20.5 Å². The molecule has 144 valence electrons. The maximum atomic E-state index is 11.9. The van der Waals surface area contributed by atoms with E-state index in [1.54, 1.807) is 14.0 Å². The summed E-state index contributed by atoms with van der Waals surface area (Å²) in [6.07, 6.45) is -0.459. The zero-order valence-corrected chi connectivity index (χ0v) is 18.2. The molecule has 0 aliphatic heterocycles. The summed E-state index contributed by atoms with van der Waals surface area (Å²) >= 11 is 0. The molecular weight excluding hydrogens is 439 g/mol. The van der Waals surface area contributed by atoms with E-state index in [0.29, 0.717) is 30.8 Å². The Balaban J connectivity index is 0.00000576. The van der Waals surface area contributed by atoms with Crippen molar-refractivity contribution >= 4 is 36.0 Å². The van der Waals surface area contributed by atoms with Crippen LogP contribution in [0.1, 0.15) is 46.3 Å². The van der Waals surface area contributed by atoms with Gasteiger partial charge < -0.3 is 25.2 Å². The molecule has 25 heavy (non-hydrogen) atoms. The molecule has 0 unspecified atom stereocenters. The fraction of sp³-hybridized carbons (Fsp3) is 0.733. The van der Waals surface area contributed by atoms with Crippen LogP contribution in [0, 0.1) is 6.92 Å². The standard InChI is InChI=1S/C15H28N6O3.HI/c1-10-19-11(21-24-10)8-17-12(16-7)18-9-15(5,6)20-13(22)23-14(2,3)4;/h8-9H2,1-7H3,(H,20,22)(H2,16,17,18);1H. The van der Waals surface area contributed by atoms with Gasteiger partial charge in [-0.3, -0.25) is 4.99 Å². The average Bonchev–Trinajstić information content (AvgIpc) is 2.81. The third-order valence-corrected chi connectivity index (χ3v) is 2.74. The van der Waals surface area contributed by atoms with Gasteiger partial charge in [0.2, 0.25) is 5.89 Å². The number of guanidine groups is 1. The average molecular weight is 468 g/mol. The summed E-state index contributed by atoms with van der Waals surface area (Å²) in [6.45, 7) is 11.8. The smallest absolute Gasteiger partial charge is 0.408 e. The molecule has 0 aliphatic carbocycles. The maximum Gasteiger partial charge on any atom is 0.408 e. The summed E-state index contributed by atoms with van der Waals surface area (Å²) in [4.78, 5) is 20.1. The SMILES string of the molecule is CN=C(NCc1noc(C)n1)NCC(C)(C)NC(=O)OC(C)(C)C.I. The molecule has 0 aromatic carbocycles. The molecule has 0 atom stereocenters. The van der Waals surface area contributed by atoms with Crippen molar-refractivity contribution in [1.82, 2.24) is 26.1 Å². The predicted molar refractivity (Wildman–Crippen MR) is 106 cm³/mol. The lowest BCUT2D eigenvalue weighted by atomic mass is 10.1. The Morgan fingerprint density at radius 1 is 1.24 bits per heavy atom. The number of carbonyl (C=O) groups is 1. The molecule has 1 aromatic rings. The molecule has 0 fully saturated rings. The Labute approximate surface area is 165 Å². The van der Waals surface area contributed by atoms with E-state index in [1.165, 1.54) is 0 Å². The third-order valence-electron chi connectivity index (χ3n) is 2.74. The Morgan fingerprint density at radius 3 is 2.36 bits per heavy atom. The zero-order valence-electron chi connectivity index (χ0n) is 15.9. The molecule has 0 saturated carbocycles. The van der Waals surface area contributed by atoms with Crippen LogP contribution >= 0.6 is 24.0 Å². The third kappa shape index (κ3) is 10.1. The fourth-order valence-corrected chi connectivity index (χ4v) is 1.73. The fourth-order valence-electron chi connectivity index (χ4n) is 1.73. The number of hydrogen-bond donors (Lipinski definition) is 3. The zero-order chi connectivity index (χ0) is 18.4. The summed E-state index contributed by atoms with van der Waals surface area (Å²) in [7, 11) is 1.66. The first-order chi connectivity index (χ1) is 11.0. The molecule has 3 N–H and O–H groups in total. The lowest BCUT2D eigenvalue weighted by Crippen LogP contribution is -2.54. The Hall–Kier alpha value is -1.59. The first-order valence-electron chi connectivity index (χ1n) is 7.75. The van der Waals surface area contributed by atoms with Crippen LogP contribution in [0.2, 0.25) is 0 Å². The number of carbonyl (C=O) groups excluding carboxylic acids is 1. The van der Waals surface area contributed by atoms with E-state index >= 15 is 0 Å². The number of nitrogens with one attached hydrogen (secondary N) is 3. The number of alkyl carbamates (subject to hydrolysis) is 1. The summed E-state index contributed by atoms with van der Waals surface area (Å²) in [5, 5.41) is 12.8. The van der Waals surface area contributed by atoms with Crippen LogP contribution in [-0.4, -0.2) is 46.9 Å². The van der Waals surface area contributed by atoms with E-state index < -0.39 is 17.2 Å². The van der Waals surface area contributed by atoms with E-state index in [2.05, 4.69) is 31.1 Å². The van der Waals surface area contributed by atoms with Gasteiger partial charge in [0.1, 0.15) is 5.60 Å². The predicted octanol–water partition coefficient (Wildman–Crippen LogP) is 1.96. The van der Waals surface area contributed by atoms with Crippen molar-refractivity contribution in [2.75, 3.05) is 13.6 Å². The van der Waals surface area contributed by atoms with E-state index in [0.717, 1.165) is 0 Å². The van der Waals surface area contributed by atoms with Crippen molar-refractivity contribution in [2.45, 2.75) is 59.2 Å². The van der Waals surface area contributed by atoms with Crippen molar-refractivity contribution in [1.29, 1.82) is 0 Å². The highest BCUT2D eigenvalue weighted by Gasteiger charge is 2.24. The molecule has 0 bridgehead atoms. The van der Waals surface area contributed by atoms with Crippen LogP contribution in [0.5, 0.6) is 0 Å². The molecule has 1 heterocycles. The first kappa shape index (κ1) is 23.4. The van der Waals surface area contributed by atoms with E-state index in [1.807, 2.05) is 34.6 Å². The molecular formula is C15H29IN6O3. The minimum Gasteiger partial charge on any atom is -0.444 e. The first-order valence-corrected chi connectivity index (χ1v) is 7.75. The molecule has 1 aromatic heterocycles. The second kappa shape index (κ2) is 9.78. The molecule has 9 nitrogen and oxygen atoms in total. The van der Waals surface area contributed by atoms with Gasteiger partial charge in [-0.25, -0.2) is 4.79 Å². The highest BCUT2D eigenvalue weighted by atomic mass is 127. The number of aryl methyl sites for hydroxylation is 1. The van der Waals surface area contributed by atoms with Crippen LogP contribution in [-0.2, 0) is 11.3 Å². The van der Waals surface area contributed by atoms with E-state index in [9.17, 15) is 4.79 Å². The monoisotopic (exact) mass is 468 g/mol. The highest BCUT2D eigenvalue weighted by Crippen LogP contribution is 2.09. The summed E-state index contributed by atoms with van der Waals surface area (Å²) in [5.41, 5.74) is -1.06. The molecule has 1 rings (SSSR count). The van der Waals surface area contributed by atoms with Crippen LogP contribution in [0.25, 0.3) is 0 Å². The number of aliphatic imine (C=N–C) groups is 1. The van der Waals surface area contributed by atoms with Crippen molar-refractivity contribution < 1.29 is 14.1 Å². The number of halogens is 1. The minimum absolute atomic E-state index is 0. The second-order valence-electron chi connectivity index (χ2n) is 7.02. The molecule has 0 saturated heterocycles. The van der Waals surface area contributed by atoms with Gasteiger partial charge in [0.15, 0.2) is 11.8 Å².